The van der Waals surface area contributed by atoms with Crippen molar-refractivity contribution in [3.8, 4) is 5.88 Å². The Bertz CT molecular complexity index is 1070. The number of fused-ring (bicyclic) bond motifs is 3. The number of likely N-dealkylation sites (tertiary alicyclic amines) is 1. The molecule has 2 atom stereocenters. The summed E-state index contributed by atoms with van der Waals surface area (Å²) in [6.45, 7) is 2.76. The largest absolute Gasteiger partial charge is 0.481 e. The summed E-state index contributed by atoms with van der Waals surface area (Å²) in [5, 5.41) is 0. The number of nitrogens with zero attached hydrogens (tertiary/aromatic N) is 4. The van der Waals surface area contributed by atoms with Crippen LogP contribution >= 0.6 is 0 Å². The van der Waals surface area contributed by atoms with E-state index in [4.69, 9.17) is 4.74 Å². The lowest BCUT2D eigenvalue weighted by molar-refractivity contribution is 0.0556. The second-order valence-electron chi connectivity index (χ2n) is 7.86. The smallest absolute Gasteiger partial charge is 0.271 e. The quantitative estimate of drug-likeness (QED) is 0.653. The summed E-state index contributed by atoms with van der Waals surface area (Å²) >= 11 is 0. The Labute approximate surface area is 174 Å². The Morgan fingerprint density at radius 2 is 1.87 bits per heavy atom. The van der Waals surface area contributed by atoms with Gasteiger partial charge in [0.15, 0.2) is 0 Å². The van der Waals surface area contributed by atoms with E-state index >= 15 is 0 Å². The number of aromatic nitrogens is 2. The van der Waals surface area contributed by atoms with Gasteiger partial charge in [-0.3, -0.25) is 9.69 Å². The van der Waals surface area contributed by atoms with Gasteiger partial charge in [0.1, 0.15) is 11.5 Å². The van der Waals surface area contributed by atoms with Crippen molar-refractivity contribution in [2.75, 3.05) is 20.2 Å². The lowest BCUT2D eigenvalue weighted by Crippen LogP contribution is -2.49. The fourth-order valence-corrected chi connectivity index (χ4v) is 4.66. The van der Waals surface area contributed by atoms with Crippen molar-refractivity contribution in [3.05, 3.63) is 83.6 Å². The van der Waals surface area contributed by atoms with Gasteiger partial charge in [0.05, 0.1) is 19.2 Å². The Morgan fingerprint density at radius 1 is 1.07 bits per heavy atom. The van der Waals surface area contributed by atoms with Gasteiger partial charge in [0.25, 0.3) is 5.91 Å². The van der Waals surface area contributed by atoms with E-state index in [0.29, 0.717) is 24.7 Å². The summed E-state index contributed by atoms with van der Waals surface area (Å²) in [7, 11) is 1.63. The normalized spacial score (nSPS) is 20.9. The zero-order valence-corrected chi connectivity index (χ0v) is 16.7. The van der Waals surface area contributed by atoms with E-state index in [9.17, 15) is 9.18 Å². The van der Waals surface area contributed by atoms with E-state index in [0.717, 1.165) is 24.2 Å². The maximum Gasteiger partial charge on any atom is 0.271 e. The summed E-state index contributed by atoms with van der Waals surface area (Å²) in [4.78, 5) is 21.8. The minimum Gasteiger partial charge on any atom is -0.481 e. The van der Waals surface area contributed by atoms with Crippen LogP contribution in [0, 0.1) is 5.82 Å². The summed E-state index contributed by atoms with van der Waals surface area (Å²) < 4.78 is 20.8. The molecule has 0 bridgehead atoms. The standard InChI is InChI=1S/C23H23FN4O2/c1-30-22-17(4-2-10-25-22)13-26-14-20-21(15-26)28(12-16-6-8-18(24)9-7-16)23(29)19-5-3-11-27(19)20/h2-11,20-21H,12-15H2,1H3/t20-,21-/m1/s1. The molecule has 3 aromatic rings. The number of rotatable bonds is 5. The molecule has 2 aliphatic heterocycles. The third kappa shape index (κ3) is 3.25. The molecule has 1 fully saturated rings. The molecule has 0 saturated carbocycles. The Balaban J connectivity index is 1.43. The van der Waals surface area contributed by atoms with Gasteiger partial charge in [-0.05, 0) is 35.9 Å². The van der Waals surface area contributed by atoms with Gasteiger partial charge in [-0.25, -0.2) is 9.37 Å². The van der Waals surface area contributed by atoms with Crippen molar-refractivity contribution in [2.24, 2.45) is 0 Å². The number of hydrogen-bond donors (Lipinski definition) is 0. The van der Waals surface area contributed by atoms with Crippen molar-refractivity contribution < 1.29 is 13.9 Å². The summed E-state index contributed by atoms with van der Waals surface area (Å²) in [6.07, 6.45) is 3.72. The van der Waals surface area contributed by atoms with Crippen LogP contribution in [-0.4, -0.2) is 51.5 Å². The van der Waals surface area contributed by atoms with Crippen LogP contribution in [0.3, 0.4) is 0 Å². The number of pyridine rings is 1. The molecule has 0 unspecified atom stereocenters. The summed E-state index contributed by atoms with van der Waals surface area (Å²) in [5.74, 6) is 0.382. The Hall–Kier alpha value is -3.19. The average molecular weight is 406 g/mol. The SMILES string of the molecule is COc1ncccc1CN1C[C@@H]2[C@@H](C1)n1cccc1C(=O)N2Cc1ccc(F)cc1. The molecule has 2 aliphatic rings. The highest BCUT2D eigenvalue weighted by Crippen LogP contribution is 2.35. The van der Waals surface area contributed by atoms with Crippen LogP contribution in [0.1, 0.15) is 27.7 Å². The van der Waals surface area contributed by atoms with Crippen LogP contribution < -0.4 is 4.74 Å². The number of benzene rings is 1. The van der Waals surface area contributed by atoms with E-state index in [-0.39, 0.29) is 23.8 Å². The first-order chi connectivity index (χ1) is 14.6. The van der Waals surface area contributed by atoms with Crippen LogP contribution in [0.15, 0.2) is 60.9 Å². The summed E-state index contributed by atoms with van der Waals surface area (Å²) in [6, 6.07) is 14.4. The van der Waals surface area contributed by atoms with E-state index < -0.39 is 0 Å². The minimum absolute atomic E-state index is 0.0198. The Morgan fingerprint density at radius 3 is 2.67 bits per heavy atom. The molecule has 5 rings (SSSR count). The molecule has 154 valence electrons. The zero-order valence-electron chi connectivity index (χ0n) is 16.7. The molecule has 0 spiro atoms. The second-order valence-corrected chi connectivity index (χ2v) is 7.86. The van der Waals surface area contributed by atoms with Crippen molar-refractivity contribution in [1.29, 1.82) is 0 Å². The predicted octanol–water partition coefficient (Wildman–Crippen LogP) is 3.11. The van der Waals surface area contributed by atoms with Crippen molar-refractivity contribution in [2.45, 2.75) is 25.2 Å². The number of methoxy groups -OCH3 is 1. The van der Waals surface area contributed by atoms with Gasteiger partial charge < -0.3 is 14.2 Å². The first kappa shape index (κ1) is 18.8. The number of carbonyl (C=O) groups is 1. The molecule has 6 nitrogen and oxygen atoms in total. The predicted molar refractivity (Wildman–Crippen MR) is 110 cm³/mol. The topological polar surface area (TPSA) is 50.6 Å². The fourth-order valence-electron chi connectivity index (χ4n) is 4.66. The number of halogens is 1. The fraction of sp³-hybridized carbons (Fsp3) is 0.304. The molecule has 1 saturated heterocycles. The maximum atomic E-state index is 13.3. The van der Waals surface area contributed by atoms with E-state index in [1.54, 1.807) is 25.4 Å². The lowest BCUT2D eigenvalue weighted by Gasteiger charge is -2.38. The lowest BCUT2D eigenvalue weighted by atomic mass is 10.0. The minimum atomic E-state index is -0.270. The molecule has 4 heterocycles. The van der Waals surface area contributed by atoms with E-state index in [1.165, 1.54) is 12.1 Å². The van der Waals surface area contributed by atoms with Crippen LogP contribution in [0.5, 0.6) is 5.88 Å². The van der Waals surface area contributed by atoms with Gasteiger partial charge in [0.2, 0.25) is 5.88 Å². The molecular formula is C23H23FN4O2. The maximum absolute atomic E-state index is 13.3. The first-order valence-corrected chi connectivity index (χ1v) is 10.1. The molecule has 1 aromatic carbocycles. The molecule has 0 N–H and O–H groups in total. The van der Waals surface area contributed by atoms with E-state index in [1.807, 2.05) is 35.4 Å². The first-order valence-electron chi connectivity index (χ1n) is 10.1. The molecule has 30 heavy (non-hydrogen) atoms. The zero-order chi connectivity index (χ0) is 20.7. The molecule has 2 aromatic heterocycles. The van der Waals surface area contributed by atoms with Crippen LogP contribution in [0.4, 0.5) is 4.39 Å². The number of ether oxygens (including phenoxy) is 1. The summed E-state index contributed by atoms with van der Waals surface area (Å²) in [5.41, 5.74) is 2.66. The monoisotopic (exact) mass is 406 g/mol. The number of hydrogen-bond acceptors (Lipinski definition) is 4. The van der Waals surface area contributed by atoms with Crippen LogP contribution in [0.25, 0.3) is 0 Å². The van der Waals surface area contributed by atoms with Crippen molar-refractivity contribution in [3.63, 3.8) is 0 Å². The molecule has 7 heteroatoms. The van der Waals surface area contributed by atoms with Crippen molar-refractivity contribution in [1.82, 2.24) is 19.4 Å². The van der Waals surface area contributed by atoms with Crippen molar-refractivity contribution >= 4 is 5.91 Å². The second kappa shape index (κ2) is 7.57. The number of amides is 1. The van der Waals surface area contributed by atoms with Gasteiger partial charge in [-0.2, -0.15) is 0 Å². The van der Waals surface area contributed by atoms with Crippen LogP contribution in [-0.2, 0) is 13.1 Å². The molecule has 1 amide bonds. The Kier molecular flexibility index (Phi) is 4.75. The van der Waals surface area contributed by atoms with Gasteiger partial charge in [-0.15, -0.1) is 0 Å². The molecule has 0 radical (unpaired) electrons. The van der Waals surface area contributed by atoms with Gasteiger partial charge >= 0.3 is 0 Å². The third-order valence-electron chi connectivity index (χ3n) is 6.05. The highest BCUT2D eigenvalue weighted by Gasteiger charge is 2.44. The highest BCUT2D eigenvalue weighted by atomic mass is 19.1. The molecular weight excluding hydrogens is 383 g/mol. The molecule has 0 aliphatic carbocycles. The third-order valence-corrected chi connectivity index (χ3v) is 6.05. The van der Waals surface area contributed by atoms with Crippen LogP contribution in [0.2, 0.25) is 0 Å². The highest BCUT2D eigenvalue weighted by molar-refractivity contribution is 5.94. The number of carbonyl (C=O) groups excluding carboxylic acids is 1. The van der Waals surface area contributed by atoms with Gasteiger partial charge in [-0.1, -0.05) is 18.2 Å². The van der Waals surface area contributed by atoms with E-state index in [2.05, 4.69) is 14.5 Å². The average Bonchev–Trinajstić information content (AvgIpc) is 3.40. The van der Waals surface area contributed by atoms with Gasteiger partial charge in [0, 0.05) is 44.1 Å².